The highest BCUT2D eigenvalue weighted by atomic mass is 32.1. The number of furan rings is 1. The summed E-state index contributed by atoms with van der Waals surface area (Å²) >= 11 is 1.52. The standard InChI is InChI=1S/C20H23N3O2S/c24-19-18-15(16-6-3-9-25-16)12-26-20(18)22-17(21-19)11-23-8-7-13-4-1-2-5-14(13)10-23/h3,6,9,12-14H,1-2,4-5,7-8,10-11H2,(H,21,22,24)/p+1/t13-,14+/m0/s1. The minimum atomic E-state index is -0.0513. The van der Waals surface area contributed by atoms with Gasteiger partial charge in [-0.2, -0.15) is 0 Å². The maximum Gasteiger partial charge on any atom is 0.260 e. The Labute approximate surface area is 156 Å². The van der Waals surface area contributed by atoms with Crippen LogP contribution in [-0.2, 0) is 6.54 Å². The SMILES string of the molecule is O=c1[nH]c(C[NH+]2CC[C@@H]3CCCC[C@@H]3C2)nc2scc(-c3ccco3)c12. The molecule has 136 valence electrons. The number of aromatic nitrogens is 2. The van der Waals surface area contributed by atoms with Crippen molar-refractivity contribution in [2.75, 3.05) is 13.1 Å². The zero-order valence-corrected chi connectivity index (χ0v) is 15.6. The molecule has 4 heterocycles. The van der Waals surface area contributed by atoms with Gasteiger partial charge in [0, 0.05) is 16.9 Å². The van der Waals surface area contributed by atoms with Crippen molar-refractivity contribution < 1.29 is 9.32 Å². The van der Waals surface area contributed by atoms with Gasteiger partial charge < -0.3 is 14.3 Å². The first-order chi connectivity index (χ1) is 12.8. The third kappa shape index (κ3) is 2.91. The number of piperidine rings is 1. The van der Waals surface area contributed by atoms with Crippen LogP contribution in [0.4, 0.5) is 0 Å². The normalized spacial score (nSPS) is 26.1. The van der Waals surface area contributed by atoms with Crippen molar-refractivity contribution in [1.82, 2.24) is 9.97 Å². The van der Waals surface area contributed by atoms with Gasteiger partial charge in [-0.15, -0.1) is 11.3 Å². The fourth-order valence-electron chi connectivity index (χ4n) is 4.88. The number of thiophene rings is 1. The molecule has 2 N–H and O–H groups in total. The van der Waals surface area contributed by atoms with Crippen molar-refractivity contribution in [2.24, 2.45) is 11.8 Å². The number of H-pyrrole nitrogens is 1. The number of hydrogen-bond donors (Lipinski definition) is 2. The van der Waals surface area contributed by atoms with Crippen molar-refractivity contribution in [1.29, 1.82) is 0 Å². The van der Waals surface area contributed by atoms with E-state index in [1.807, 2.05) is 17.5 Å². The van der Waals surface area contributed by atoms with E-state index in [1.54, 1.807) is 11.2 Å². The number of nitrogens with one attached hydrogen (secondary N) is 2. The molecule has 26 heavy (non-hydrogen) atoms. The van der Waals surface area contributed by atoms with Crippen LogP contribution in [0.15, 0.2) is 33.0 Å². The molecule has 3 aromatic heterocycles. The van der Waals surface area contributed by atoms with E-state index in [4.69, 9.17) is 9.40 Å². The van der Waals surface area contributed by atoms with Crippen LogP contribution in [0.3, 0.4) is 0 Å². The van der Waals surface area contributed by atoms with Crippen LogP contribution in [-0.4, -0.2) is 23.1 Å². The Kier molecular flexibility index (Phi) is 4.17. The molecule has 5 nitrogen and oxygen atoms in total. The van der Waals surface area contributed by atoms with Crippen molar-refractivity contribution in [3.05, 3.63) is 40.0 Å². The highest BCUT2D eigenvalue weighted by Crippen LogP contribution is 2.33. The summed E-state index contributed by atoms with van der Waals surface area (Å²) in [6.07, 6.45) is 8.57. The van der Waals surface area contributed by atoms with E-state index in [9.17, 15) is 4.79 Å². The smallest absolute Gasteiger partial charge is 0.260 e. The minimum absolute atomic E-state index is 0.0513. The quantitative estimate of drug-likeness (QED) is 0.745. The second-order valence-electron chi connectivity index (χ2n) is 7.79. The van der Waals surface area contributed by atoms with E-state index < -0.39 is 0 Å². The van der Waals surface area contributed by atoms with Crippen LogP contribution in [0.25, 0.3) is 21.5 Å². The topological polar surface area (TPSA) is 63.3 Å². The van der Waals surface area contributed by atoms with Crippen LogP contribution >= 0.6 is 11.3 Å². The van der Waals surface area contributed by atoms with Gasteiger partial charge in [0.05, 0.1) is 24.7 Å². The Morgan fingerprint density at radius 3 is 3.00 bits per heavy atom. The molecule has 3 atom stereocenters. The van der Waals surface area contributed by atoms with Gasteiger partial charge in [-0.1, -0.05) is 12.8 Å². The zero-order valence-electron chi connectivity index (χ0n) is 14.8. The Hall–Kier alpha value is -1.92. The molecule has 1 aliphatic heterocycles. The first kappa shape index (κ1) is 16.3. The number of hydrogen-bond acceptors (Lipinski definition) is 4. The molecule has 0 amide bonds. The summed E-state index contributed by atoms with van der Waals surface area (Å²) in [7, 11) is 0. The average molecular weight is 370 g/mol. The monoisotopic (exact) mass is 370 g/mol. The number of fused-ring (bicyclic) bond motifs is 2. The van der Waals surface area contributed by atoms with Gasteiger partial charge in [-0.05, 0) is 37.3 Å². The maximum absolute atomic E-state index is 12.7. The lowest BCUT2D eigenvalue weighted by atomic mass is 9.75. The molecule has 5 rings (SSSR count). The van der Waals surface area contributed by atoms with Crippen LogP contribution < -0.4 is 10.5 Å². The molecule has 0 aromatic carbocycles. The number of rotatable bonds is 3. The van der Waals surface area contributed by atoms with Crippen molar-refractivity contribution >= 4 is 21.6 Å². The maximum atomic E-state index is 12.7. The lowest BCUT2D eigenvalue weighted by Crippen LogP contribution is -3.12. The molecule has 0 bridgehead atoms. The fourth-order valence-corrected chi connectivity index (χ4v) is 5.83. The highest BCUT2D eigenvalue weighted by Gasteiger charge is 2.33. The molecule has 3 aromatic rings. The van der Waals surface area contributed by atoms with Crippen LogP contribution in [0.5, 0.6) is 0 Å². The second-order valence-corrected chi connectivity index (χ2v) is 8.65. The molecule has 2 aliphatic rings. The van der Waals surface area contributed by atoms with E-state index in [0.717, 1.165) is 40.4 Å². The number of aromatic amines is 1. The predicted molar refractivity (Wildman–Crippen MR) is 102 cm³/mol. The van der Waals surface area contributed by atoms with E-state index in [2.05, 4.69) is 4.98 Å². The molecular weight excluding hydrogens is 346 g/mol. The summed E-state index contributed by atoms with van der Waals surface area (Å²) in [5.74, 6) is 3.35. The number of likely N-dealkylation sites (tertiary alicyclic amines) is 1. The largest absolute Gasteiger partial charge is 0.464 e. The fraction of sp³-hybridized carbons (Fsp3) is 0.500. The Morgan fingerprint density at radius 2 is 2.15 bits per heavy atom. The summed E-state index contributed by atoms with van der Waals surface area (Å²) < 4.78 is 5.47. The number of quaternary nitrogens is 1. The lowest BCUT2D eigenvalue weighted by molar-refractivity contribution is -0.924. The number of nitrogens with zero attached hydrogens (tertiary/aromatic N) is 1. The Balaban J connectivity index is 1.39. The van der Waals surface area contributed by atoms with Crippen LogP contribution in [0, 0.1) is 11.8 Å². The predicted octanol–water partition coefficient (Wildman–Crippen LogP) is 2.84. The van der Waals surface area contributed by atoms with E-state index in [-0.39, 0.29) is 5.56 Å². The summed E-state index contributed by atoms with van der Waals surface area (Å²) in [4.78, 5) is 22.9. The summed E-state index contributed by atoms with van der Waals surface area (Å²) in [6, 6.07) is 3.72. The van der Waals surface area contributed by atoms with Crippen LogP contribution in [0.2, 0.25) is 0 Å². The molecule has 0 radical (unpaired) electrons. The molecule has 0 spiro atoms. The molecule has 1 saturated carbocycles. The minimum Gasteiger partial charge on any atom is -0.464 e. The molecule has 1 aliphatic carbocycles. The molecule has 6 heteroatoms. The van der Waals surface area contributed by atoms with Crippen molar-refractivity contribution in [3.63, 3.8) is 0 Å². The highest BCUT2D eigenvalue weighted by molar-refractivity contribution is 7.17. The van der Waals surface area contributed by atoms with Gasteiger partial charge in [0.25, 0.3) is 5.56 Å². The van der Waals surface area contributed by atoms with Crippen molar-refractivity contribution in [2.45, 2.75) is 38.6 Å². The van der Waals surface area contributed by atoms with Gasteiger partial charge in [0.2, 0.25) is 0 Å². The average Bonchev–Trinajstić information content (AvgIpc) is 3.31. The zero-order chi connectivity index (χ0) is 17.5. The first-order valence-corrected chi connectivity index (χ1v) is 10.5. The van der Waals surface area contributed by atoms with E-state index >= 15 is 0 Å². The van der Waals surface area contributed by atoms with E-state index in [0.29, 0.717) is 5.39 Å². The third-order valence-electron chi connectivity index (χ3n) is 6.18. The van der Waals surface area contributed by atoms with Crippen molar-refractivity contribution in [3.8, 4) is 11.3 Å². The second kappa shape index (κ2) is 6.67. The van der Waals surface area contributed by atoms with E-state index in [1.165, 1.54) is 56.5 Å². The third-order valence-corrected chi connectivity index (χ3v) is 7.06. The Morgan fingerprint density at radius 1 is 1.27 bits per heavy atom. The van der Waals surface area contributed by atoms with Gasteiger partial charge in [0.1, 0.15) is 17.1 Å². The van der Waals surface area contributed by atoms with Gasteiger partial charge >= 0.3 is 0 Å². The lowest BCUT2D eigenvalue weighted by Gasteiger charge is -2.38. The summed E-state index contributed by atoms with van der Waals surface area (Å²) in [5.41, 5.74) is 0.787. The van der Waals surface area contributed by atoms with Crippen LogP contribution in [0.1, 0.15) is 37.9 Å². The molecular formula is C20H24N3O2S+. The first-order valence-electron chi connectivity index (χ1n) is 9.66. The van der Waals surface area contributed by atoms with Gasteiger partial charge in [-0.3, -0.25) is 4.79 Å². The molecule has 1 saturated heterocycles. The summed E-state index contributed by atoms with van der Waals surface area (Å²) in [5, 5.41) is 2.62. The summed E-state index contributed by atoms with van der Waals surface area (Å²) in [6.45, 7) is 3.25. The molecule has 1 unspecified atom stereocenters. The Bertz CT molecular complexity index is 959. The molecule has 2 fully saturated rings. The van der Waals surface area contributed by atoms with Gasteiger partial charge in [0.15, 0.2) is 5.82 Å². The van der Waals surface area contributed by atoms with Gasteiger partial charge in [-0.25, -0.2) is 4.98 Å².